The maximum absolute atomic E-state index is 12.7. The molecule has 0 saturated carbocycles. The molecule has 0 heterocycles. The Morgan fingerprint density at radius 2 is 1.46 bits per heavy atom. The van der Waals surface area contributed by atoms with Crippen LogP contribution < -0.4 is 4.74 Å². The lowest BCUT2D eigenvalue weighted by molar-refractivity contribution is 0.101. The van der Waals surface area contributed by atoms with E-state index in [0.717, 1.165) is 5.56 Å². The minimum absolute atomic E-state index is 0.0703. The van der Waals surface area contributed by atoms with Gasteiger partial charge >= 0.3 is 0 Å². The Kier molecular flexibility index (Phi) is 5.19. The molecule has 5 heteroatoms. The number of ether oxygens (including phenoxy) is 1. The Morgan fingerprint density at radius 3 is 2.08 bits per heavy atom. The Balaban J connectivity index is 1.93. The van der Waals surface area contributed by atoms with Gasteiger partial charge in [-0.15, -0.1) is 0 Å². The van der Waals surface area contributed by atoms with Gasteiger partial charge in [-0.2, -0.15) is 0 Å². The molecule has 3 rings (SSSR count). The van der Waals surface area contributed by atoms with Crippen molar-refractivity contribution in [3.8, 4) is 5.75 Å². The van der Waals surface area contributed by atoms with Crippen LogP contribution in [0.25, 0.3) is 0 Å². The number of rotatable bonds is 6. The lowest BCUT2D eigenvalue weighted by Crippen LogP contribution is -2.06. The normalized spacial score (nSPS) is 11.1. The van der Waals surface area contributed by atoms with Crippen molar-refractivity contribution in [1.29, 1.82) is 0 Å². The summed E-state index contributed by atoms with van der Waals surface area (Å²) in [6, 6.07) is 22.1. The first-order valence-electron chi connectivity index (χ1n) is 8.10. The minimum atomic E-state index is -3.69. The highest BCUT2D eigenvalue weighted by molar-refractivity contribution is 7.91. The summed E-state index contributed by atoms with van der Waals surface area (Å²) in [5, 5.41) is 0. The van der Waals surface area contributed by atoms with Gasteiger partial charge in [-0.3, -0.25) is 4.79 Å². The van der Waals surface area contributed by atoms with Crippen LogP contribution in [-0.4, -0.2) is 14.2 Å². The molecule has 0 aromatic heterocycles. The van der Waals surface area contributed by atoms with Gasteiger partial charge in [0, 0.05) is 0 Å². The molecule has 0 unspecified atom stereocenters. The van der Waals surface area contributed by atoms with E-state index >= 15 is 0 Å². The van der Waals surface area contributed by atoms with Crippen molar-refractivity contribution in [3.05, 3.63) is 90.0 Å². The number of sulfone groups is 1. The first-order chi connectivity index (χ1) is 12.5. The molecule has 0 aliphatic heterocycles. The molecular formula is C21H18O4S. The monoisotopic (exact) mass is 366 g/mol. The first-order valence-corrected chi connectivity index (χ1v) is 9.58. The molecule has 0 spiro atoms. The predicted octanol–water partition coefficient (Wildman–Crippen LogP) is 4.30. The van der Waals surface area contributed by atoms with Crippen LogP contribution in [-0.2, 0) is 16.4 Å². The summed E-state index contributed by atoms with van der Waals surface area (Å²) in [6.45, 7) is 1.69. The summed E-state index contributed by atoms with van der Waals surface area (Å²) in [6.07, 6.45) is 0. The van der Waals surface area contributed by atoms with Crippen LogP contribution in [0.2, 0.25) is 0 Å². The third-order valence-electron chi connectivity index (χ3n) is 3.93. The molecule has 3 aromatic rings. The van der Waals surface area contributed by atoms with Crippen molar-refractivity contribution in [1.82, 2.24) is 0 Å². The molecule has 0 fully saturated rings. The second kappa shape index (κ2) is 7.54. The van der Waals surface area contributed by atoms with E-state index in [1.165, 1.54) is 37.3 Å². The van der Waals surface area contributed by atoms with E-state index in [0.29, 0.717) is 12.4 Å². The quantitative estimate of drug-likeness (QED) is 0.610. The molecule has 0 aliphatic rings. The highest BCUT2D eigenvalue weighted by Gasteiger charge is 2.20. The van der Waals surface area contributed by atoms with Crippen LogP contribution in [0.15, 0.2) is 88.7 Å². The van der Waals surface area contributed by atoms with Gasteiger partial charge in [-0.1, -0.05) is 48.5 Å². The van der Waals surface area contributed by atoms with Gasteiger partial charge in [-0.05, 0) is 42.8 Å². The van der Waals surface area contributed by atoms with Crippen molar-refractivity contribution in [3.63, 3.8) is 0 Å². The number of hydrogen-bond acceptors (Lipinski definition) is 4. The van der Waals surface area contributed by atoms with Crippen molar-refractivity contribution in [2.75, 3.05) is 0 Å². The third kappa shape index (κ3) is 3.83. The summed E-state index contributed by atoms with van der Waals surface area (Å²) in [5.74, 6) is 0.117. The summed E-state index contributed by atoms with van der Waals surface area (Å²) in [5.41, 5.74) is 1.21. The summed E-state index contributed by atoms with van der Waals surface area (Å²) in [7, 11) is -3.69. The van der Waals surface area contributed by atoms with Crippen LogP contribution in [0.5, 0.6) is 5.75 Å². The number of carbonyl (C=O) groups excluding carboxylic acids is 1. The third-order valence-corrected chi connectivity index (χ3v) is 5.70. The van der Waals surface area contributed by atoms with Gasteiger partial charge < -0.3 is 4.74 Å². The molecule has 0 atom stereocenters. The predicted molar refractivity (Wildman–Crippen MR) is 99.1 cm³/mol. The number of ketones is 1. The van der Waals surface area contributed by atoms with E-state index in [-0.39, 0.29) is 21.1 Å². The molecule has 3 aromatic carbocycles. The molecule has 0 amide bonds. The van der Waals surface area contributed by atoms with Gasteiger partial charge in [-0.25, -0.2) is 8.42 Å². The lowest BCUT2D eigenvalue weighted by Gasteiger charge is -2.12. The van der Waals surface area contributed by atoms with Gasteiger partial charge in [0.15, 0.2) is 5.78 Å². The zero-order valence-electron chi connectivity index (χ0n) is 14.3. The zero-order chi connectivity index (χ0) is 18.6. The summed E-state index contributed by atoms with van der Waals surface area (Å²) < 4.78 is 31.2. The van der Waals surface area contributed by atoms with Crippen molar-refractivity contribution >= 4 is 15.6 Å². The average molecular weight is 366 g/mol. The van der Waals surface area contributed by atoms with Gasteiger partial charge in [0.2, 0.25) is 9.84 Å². The van der Waals surface area contributed by atoms with Gasteiger partial charge in [0.25, 0.3) is 0 Å². The number of hydrogen-bond donors (Lipinski definition) is 0. The van der Waals surface area contributed by atoms with Crippen LogP contribution >= 0.6 is 0 Å². The number of benzene rings is 3. The second-order valence-electron chi connectivity index (χ2n) is 5.80. The van der Waals surface area contributed by atoms with Crippen LogP contribution in [0.1, 0.15) is 22.8 Å². The van der Waals surface area contributed by atoms with Crippen molar-refractivity contribution < 1.29 is 17.9 Å². The SMILES string of the molecule is CC(=O)c1cc(S(=O)(=O)c2ccccc2)ccc1OCc1ccccc1. The number of carbonyl (C=O) groups is 1. The van der Waals surface area contributed by atoms with Crippen LogP contribution in [0, 0.1) is 0 Å². The fraction of sp³-hybridized carbons (Fsp3) is 0.0952. The molecular weight excluding hydrogens is 348 g/mol. The molecule has 0 bridgehead atoms. The summed E-state index contributed by atoms with van der Waals surface area (Å²) >= 11 is 0. The Bertz CT molecular complexity index is 1010. The fourth-order valence-corrected chi connectivity index (χ4v) is 3.86. The molecule has 0 radical (unpaired) electrons. The molecule has 4 nitrogen and oxygen atoms in total. The molecule has 26 heavy (non-hydrogen) atoms. The Morgan fingerprint density at radius 1 is 0.846 bits per heavy atom. The topological polar surface area (TPSA) is 60.4 Å². The van der Waals surface area contributed by atoms with Crippen molar-refractivity contribution in [2.45, 2.75) is 23.3 Å². The Labute approximate surface area is 153 Å². The van der Waals surface area contributed by atoms with Gasteiger partial charge in [0.1, 0.15) is 12.4 Å². The average Bonchev–Trinajstić information content (AvgIpc) is 2.67. The minimum Gasteiger partial charge on any atom is -0.488 e. The summed E-state index contributed by atoms with van der Waals surface area (Å²) in [4.78, 5) is 12.3. The number of Topliss-reactive ketones (excluding diaryl/α,β-unsaturated/α-hetero) is 1. The largest absolute Gasteiger partial charge is 0.488 e. The first kappa shape index (κ1) is 17.9. The highest BCUT2D eigenvalue weighted by Crippen LogP contribution is 2.27. The molecule has 0 N–H and O–H groups in total. The fourth-order valence-electron chi connectivity index (χ4n) is 2.55. The van der Waals surface area contributed by atoms with Crippen LogP contribution in [0.3, 0.4) is 0 Å². The lowest BCUT2D eigenvalue weighted by atomic mass is 10.1. The maximum atomic E-state index is 12.7. The standard InChI is InChI=1S/C21H18O4S/c1-16(22)20-14-19(26(23,24)18-10-6-3-7-11-18)12-13-21(20)25-15-17-8-4-2-5-9-17/h2-14H,15H2,1H3. The van der Waals surface area contributed by atoms with Crippen molar-refractivity contribution in [2.24, 2.45) is 0 Å². The van der Waals surface area contributed by atoms with Crippen LogP contribution in [0.4, 0.5) is 0 Å². The Hall–Kier alpha value is -2.92. The smallest absolute Gasteiger partial charge is 0.206 e. The zero-order valence-corrected chi connectivity index (χ0v) is 15.1. The van der Waals surface area contributed by atoms with E-state index in [1.807, 2.05) is 30.3 Å². The maximum Gasteiger partial charge on any atom is 0.206 e. The molecule has 132 valence electrons. The van der Waals surface area contributed by atoms with E-state index in [4.69, 9.17) is 4.74 Å². The molecule has 0 aliphatic carbocycles. The highest BCUT2D eigenvalue weighted by atomic mass is 32.2. The van der Waals surface area contributed by atoms with Gasteiger partial charge in [0.05, 0.1) is 15.4 Å². The van der Waals surface area contributed by atoms with E-state index in [9.17, 15) is 13.2 Å². The second-order valence-corrected chi connectivity index (χ2v) is 7.75. The van der Waals surface area contributed by atoms with E-state index in [1.54, 1.807) is 18.2 Å². The van der Waals surface area contributed by atoms with E-state index in [2.05, 4.69) is 0 Å². The van der Waals surface area contributed by atoms with E-state index < -0.39 is 9.84 Å². The molecule has 0 saturated heterocycles.